The molecule has 0 amide bonds. The van der Waals surface area contributed by atoms with E-state index < -0.39 is 0 Å². The molecule has 1 unspecified atom stereocenters. The van der Waals surface area contributed by atoms with E-state index in [0.29, 0.717) is 17.7 Å². The van der Waals surface area contributed by atoms with E-state index in [9.17, 15) is 0 Å². The Kier molecular flexibility index (Phi) is 5.42. The number of nitrogens with zero attached hydrogens (tertiary/aromatic N) is 2. The number of fused-ring (bicyclic) bond motifs is 1. The summed E-state index contributed by atoms with van der Waals surface area (Å²) in [4.78, 5) is 4.80. The van der Waals surface area contributed by atoms with Crippen LogP contribution < -0.4 is 10.1 Å². The number of hydrogen-bond acceptors (Lipinski definition) is 3. The molecule has 26 heavy (non-hydrogen) atoms. The highest BCUT2D eigenvalue weighted by Crippen LogP contribution is 2.21. The summed E-state index contributed by atoms with van der Waals surface area (Å²) >= 11 is 5.94. The van der Waals surface area contributed by atoms with E-state index in [0.717, 1.165) is 36.6 Å². The van der Waals surface area contributed by atoms with Crippen molar-refractivity contribution in [2.24, 2.45) is 0 Å². The molecule has 3 aromatic rings. The maximum atomic E-state index is 5.95. The summed E-state index contributed by atoms with van der Waals surface area (Å²) in [5.74, 6) is 1.78. The van der Waals surface area contributed by atoms with E-state index in [-0.39, 0.29) is 0 Å². The Balaban J connectivity index is 1.51. The largest absolute Gasteiger partial charge is 0.486 e. The summed E-state index contributed by atoms with van der Waals surface area (Å²) in [6.07, 6.45) is 5.01. The number of rotatable bonds is 6. The van der Waals surface area contributed by atoms with Gasteiger partial charge in [0.05, 0.1) is 11.0 Å². The molecule has 0 bridgehead atoms. The number of aryl methyl sites for hydroxylation is 1. The van der Waals surface area contributed by atoms with Crippen LogP contribution in [0.5, 0.6) is 5.75 Å². The van der Waals surface area contributed by atoms with Crippen LogP contribution in [0.1, 0.15) is 31.5 Å². The van der Waals surface area contributed by atoms with Crippen LogP contribution in [0.15, 0.2) is 48.5 Å². The lowest BCUT2D eigenvalue weighted by Gasteiger charge is -2.24. The number of piperidine rings is 1. The fourth-order valence-corrected chi connectivity index (χ4v) is 3.75. The fraction of sp³-hybridized carbons (Fsp3) is 0.381. The van der Waals surface area contributed by atoms with Gasteiger partial charge in [0, 0.05) is 17.6 Å². The highest BCUT2D eigenvalue weighted by atomic mass is 35.5. The van der Waals surface area contributed by atoms with Crippen LogP contribution in [0.3, 0.4) is 0 Å². The van der Waals surface area contributed by atoms with Gasteiger partial charge in [-0.2, -0.15) is 0 Å². The SMILES string of the molecule is Clc1ccc(OCc2nc3ccccc3n2CCC2CCCCN2)cc1. The van der Waals surface area contributed by atoms with Crippen molar-refractivity contribution in [1.29, 1.82) is 0 Å². The summed E-state index contributed by atoms with van der Waals surface area (Å²) in [5.41, 5.74) is 2.21. The number of nitrogens with one attached hydrogen (secondary N) is 1. The average Bonchev–Trinajstić information content (AvgIpc) is 3.04. The van der Waals surface area contributed by atoms with Gasteiger partial charge in [-0.1, -0.05) is 30.2 Å². The van der Waals surface area contributed by atoms with Gasteiger partial charge < -0.3 is 14.6 Å². The van der Waals surface area contributed by atoms with Gasteiger partial charge in [0.1, 0.15) is 18.2 Å². The van der Waals surface area contributed by atoms with Crippen molar-refractivity contribution in [2.45, 2.75) is 44.9 Å². The molecule has 0 saturated carbocycles. The van der Waals surface area contributed by atoms with E-state index in [1.165, 1.54) is 24.8 Å². The third kappa shape index (κ3) is 4.02. The molecule has 4 rings (SSSR count). The highest BCUT2D eigenvalue weighted by molar-refractivity contribution is 6.30. The van der Waals surface area contributed by atoms with Gasteiger partial charge >= 0.3 is 0 Å². The minimum absolute atomic E-state index is 0.453. The second-order valence-corrected chi connectivity index (χ2v) is 7.28. The second-order valence-electron chi connectivity index (χ2n) is 6.85. The Hall–Kier alpha value is -2.04. The molecule has 1 N–H and O–H groups in total. The van der Waals surface area contributed by atoms with Crippen molar-refractivity contribution in [1.82, 2.24) is 14.9 Å². The van der Waals surface area contributed by atoms with Gasteiger partial charge in [0.15, 0.2) is 0 Å². The van der Waals surface area contributed by atoms with E-state index >= 15 is 0 Å². The van der Waals surface area contributed by atoms with Gasteiger partial charge in [-0.15, -0.1) is 0 Å². The van der Waals surface area contributed by atoms with Crippen LogP contribution in [0.4, 0.5) is 0 Å². The first-order valence-electron chi connectivity index (χ1n) is 9.35. The lowest BCUT2D eigenvalue weighted by molar-refractivity contribution is 0.287. The Labute approximate surface area is 159 Å². The number of halogens is 1. The summed E-state index contributed by atoms with van der Waals surface area (Å²) in [5, 5.41) is 4.35. The third-order valence-electron chi connectivity index (χ3n) is 5.03. The summed E-state index contributed by atoms with van der Waals surface area (Å²) in [7, 11) is 0. The molecule has 1 saturated heterocycles. The van der Waals surface area contributed by atoms with Gasteiger partial charge in [0.25, 0.3) is 0 Å². The minimum Gasteiger partial charge on any atom is -0.486 e. The minimum atomic E-state index is 0.453. The van der Waals surface area contributed by atoms with Gasteiger partial charge in [-0.3, -0.25) is 0 Å². The Morgan fingerprint density at radius 3 is 2.77 bits per heavy atom. The fourth-order valence-electron chi connectivity index (χ4n) is 3.62. The predicted octanol–water partition coefficient (Wildman–Crippen LogP) is 4.80. The second kappa shape index (κ2) is 8.11. The zero-order valence-corrected chi connectivity index (χ0v) is 15.6. The van der Waals surface area contributed by atoms with Crippen molar-refractivity contribution < 1.29 is 4.74 Å². The molecular weight excluding hydrogens is 346 g/mol. The van der Waals surface area contributed by atoms with Crippen LogP contribution >= 0.6 is 11.6 Å². The highest BCUT2D eigenvalue weighted by Gasteiger charge is 2.15. The molecule has 136 valence electrons. The lowest BCUT2D eigenvalue weighted by atomic mass is 10.0. The molecule has 0 spiro atoms. The van der Waals surface area contributed by atoms with Crippen LogP contribution in [-0.4, -0.2) is 22.1 Å². The maximum absolute atomic E-state index is 5.95. The molecule has 2 heterocycles. The molecule has 1 aliphatic rings. The zero-order chi connectivity index (χ0) is 17.8. The lowest BCUT2D eigenvalue weighted by Crippen LogP contribution is -2.34. The molecule has 1 aliphatic heterocycles. The summed E-state index contributed by atoms with van der Waals surface area (Å²) in [6, 6.07) is 16.4. The van der Waals surface area contributed by atoms with Crippen molar-refractivity contribution in [2.75, 3.05) is 6.54 Å². The number of aromatic nitrogens is 2. The van der Waals surface area contributed by atoms with Crippen LogP contribution in [-0.2, 0) is 13.2 Å². The molecule has 1 fully saturated rings. The van der Waals surface area contributed by atoms with E-state index in [1.54, 1.807) is 0 Å². The average molecular weight is 370 g/mol. The molecular formula is C21H24ClN3O. The zero-order valence-electron chi connectivity index (χ0n) is 14.8. The predicted molar refractivity (Wildman–Crippen MR) is 106 cm³/mol. The summed E-state index contributed by atoms with van der Waals surface area (Å²) in [6.45, 7) is 2.55. The molecule has 5 heteroatoms. The van der Waals surface area contributed by atoms with Crippen molar-refractivity contribution >= 4 is 22.6 Å². The number of ether oxygens (including phenoxy) is 1. The van der Waals surface area contributed by atoms with Crippen LogP contribution in [0.2, 0.25) is 5.02 Å². The van der Waals surface area contributed by atoms with Gasteiger partial charge in [-0.25, -0.2) is 4.98 Å². The molecule has 4 nitrogen and oxygen atoms in total. The molecule has 2 aromatic carbocycles. The third-order valence-corrected chi connectivity index (χ3v) is 5.28. The quantitative estimate of drug-likeness (QED) is 0.678. The van der Waals surface area contributed by atoms with E-state index in [4.69, 9.17) is 21.3 Å². The summed E-state index contributed by atoms with van der Waals surface area (Å²) < 4.78 is 8.26. The number of imidazole rings is 1. The van der Waals surface area contributed by atoms with E-state index in [2.05, 4.69) is 28.1 Å². The number of hydrogen-bond donors (Lipinski definition) is 1. The first-order chi connectivity index (χ1) is 12.8. The van der Waals surface area contributed by atoms with Crippen LogP contribution in [0.25, 0.3) is 11.0 Å². The Morgan fingerprint density at radius 2 is 1.96 bits per heavy atom. The Morgan fingerprint density at radius 1 is 1.12 bits per heavy atom. The van der Waals surface area contributed by atoms with Crippen LogP contribution in [0, 0.1) is 0 Å². The first kappa shape index (κ1) is 17.4. The van der Waals surface area contributed by atoms with Crippen molar-refractivity contribution in [3.05, 3.63) is 59.4 Å². The number of para-hydroxylation sites is 2. The molecule has 0 radical (unpaired) electrons. The maximum Gasteiger partial charge on any atom is 0.147 e. The first-order valence-corrected chi connectivity index (χ1v) is 9.73. The standard InChI is InChI=1S/C21H24ClN3O/c22-16-8-10-18(11-9-16)26-15-21-24-19-6-1-2-7-20(19)25(21)14-12-17-5-3-4-13-23-17/h1-2,6-11,17,23H,3-5,12-15H2. The molecule has 0 aliphatic carbocycles. The smallest absolute Gasteiger partial charge is 0.147 e. The van der Waals surface area contributed by atoms with E-state index in [1.807, 2.05) is 30.3 Å². The van der Waals surface area contributed by atoms with Crippen molar-refractivity contribution in [3.8, 4) is 5.75 Å². The molecule has 1 aromatic heterocycles. The molecule has 1 atom stereocenters. The van der Waals surface area contributed by atoms with Crippen molar-refractivity contribution in [3.63, 3.8) is 0 Å². The normalized spacial score (nSPS) is 17.5. The Bertz CT molecular complexity index is 853. The monoisotopic (exact) mass is 369 g/mol. The van der Waals surface area contributed by atoms with Gasteiger partial charge in [-0.05, 0) is 62.2 Å². The van der Waals surface area contributed by atoms with Gasteiger partial charge in [0.2, 0.25) is 0 Å². The number of benzene rings is 2. The topological polar surface area (TPSA) is 39.1 Å².